The van der Waals surface area contributed by atoms with Crippen LogP contribution in [0, 0.1) is 5.92 Å². The van der Waals surface area contributed by atoms with Gasteiger partial charge >= 0.3 is 0 Å². The average molecular weight is 263 g/mol. The molecule has 0 saturated carbocycles. The van der Waals surface area contributed by atoms with Gasteiger partial charge in [0.1, 0.15) is 0 Å². The maximum atomic E-state index is 12.1. The Morgan fingerprint density at radius 3 is 2.94 bits per heavy atom. The minimum absolute atomic E-state index is 0.178. The fraction of sp³-hybridized carbons (Fsp3) is 0.357. The van der Waals surface area contributed by atoms with Gasteiger partial charge in [0.05, 0.1) is 5.69 Å². The van der Waals surface area contributed by atoms with Crippen molar-refractivity contribution in [1.29, 1.82) is 0 Å². The maximum absolute atomic E-state index is 12.1. The van der Waals surface area contributed by atoms with Gasteiger partial charge in [-0.15, -0.1) is 11.6 Å². The lowest BCUT2D eigenvalue weighted by Crippen LogP contribution is -2.24. The molecule has 1 aromatic carbocycles. The second-order valence-corrected chi connectivity index (χ2v) is 5.17. The third-order valence-electron chi connectivity index (χ3n) is 3.62. The number of fused-ring (bicyclic) bond motifs is 1. The molecule has 4 heteroatoms. The molecule has 1 unspecified atom stereocenters. The van der Waals surface area contributed by atoms with Crippen molar-refractivity contribution in [3.8, 4) is 0 Å². The molecule has 18 heavy (non-hydrogen) atoms. The van der Waals surface area contributed by atoms with Crippen molar-refractivity contribution in [2.75, 3.05) is 17.3 Å². The van der Waals surface area contributed by atoms with Gasteiger partial charge in [-0.1, -0.05) is 6.07 Å². The molecule has 94 valence electrons. The van der Waals surface area contributed by atoms with Gasteiger partial charge in [0, 0.05) is 43.0 Å². The Balaban J connectivity index is 2.07. The summed E-state index contributed by atoms with van der Waals surface area (Å²) in [6, 6.07) is 8.14. The zero-order chi connectivity index (χ0) is 12.7. The molecule has 1 amide bonds. The van der Waals surface area contributed by atoms with Crippen molar-refractivity contribution in [2.45, 2.75) is 6.42 Å². The van der Waals surface area contributed by atoms with Crippen LogP contribution >= 0.6 is 11.6 Å². The highest BCUT2D eigenvalue weighted by atomic mass is 35.5. The molecule has 1 atom stereocenters. The number of benzene rings is 1. The van der Waals surface area contributed by atoms with Crippen LogP contribution < -0.4 is 4.90 Å². The van der Waals surface area contributed by atoms with Gasteiger partial charge in [-0.05, 0) is 24.1 Å². The third kappa shape index (κ3) is 1.70. The molecule has 1 aliphatic heterocycles. The van der Waals surface area contributed by atoms with Crippen LogP contribution in [0.25, 0.3) is 10.9 Å². The first-order valence-electron chi connectivity index (χ1n) is 6.11. The van der Waals surface area contributed by atoms with Gasteiger partial charge in [-0.3, -0.25) is 4.79 Å². The Morgan fingerprint density at radius 1 is 1.39 bits per heavy atom. The highest BCUT2D eigenvalue weighted by Crippen LogP contribution is 2.32. The Morgan fingerprint density at radius 2 is 2.22 bits per heavy atom. The summed E-state index contributed by atoms with van der Waals surface area (Å²) in [4.78, 5) is 13.9. The number of alkyl halides is 1. The summed E-state index contributed by atoms with van der Waals surface area (Å²) in [5.74, 6) is 1.00. The second-order valence-electron chi connectivity index (χ2n) is 4.87. The van der Waals surface area contributed by atoms with Gasteiger partial charge in [-0.25, -0.2) is 0 Å². The molecule has 3 nitrogen and oxygen atoms in total. The zero-order valence-electron chi connectivity index (χ0n) is 10.3. The number of aromatic nitrogens is 1. The van der Waals surface area contributed by atoms with Gasteiger partial charge in [0.15, 0.2) is 0 Å². The lowest BCUT2D eigenvalue weighted by Gasteiger charge is -2.17. The van der Waals surface area contributed by atoms with Crippen molar-refractivity contribution < 1.29 is 4.79 Å². The largest absolute Gasteiger partial charge is 0.350 e. The first kappa shape index (κ1) is 11.6. The maximum Gasteiger partial charge on any atom is 0.227 e. The predicted molar refractivity (Wildman–Crippen MR) is 74.1 cm³/mol. The van der Waals surface area contributed by atoms with E-state index in [0.29, 0.717) is 12.3 Å². The zero-order valence-corrected chi connectivity index (χ0v) is 11.0. The lowest BCUT2D eigenvalue weighted by molar-refractivity contribution is -0.117. The molecule has 0 spiro atoms. The molecule has 1 aromatic heterocycles. The van der Waals surface area contributed by atoms with Crippen LogP contribution in [0.2, 0.25) is 0 Å². The van der Waals surface area contributed by atoms with Gasteiger partial charge < -0.3 is 9.47 Å². The van der Waals surface area contributed by atoms with E-state index in [4.69, 9.17) is 11.6 Å². The van der Waals surface area contributed by atoms with Gasteiger partial charge in [-0.2, -0.15) is 0 Å². The molecule has 2 aromatic rings. The number of halogens is 1. The molecular formula is C14H15ClN2O. The molecule has 1 aliphatic rings. The molecule has 1 fully saturated rings. The Labute approximate surface area is 111 Å². The minimum atomic E-state index is 0.178. The monoisotopic (exact) mass is 262 g/mol. The Kier molecular flexibility index (Phi) is 2.78. The predicted octanol–water partition coefficient (Wildman–Crippen LogP) is 2.77. The smallest absolute Gasteiger partial charge is 0.227 e. The van der Waals surface area contributed by atoms with E-state index >= 15 is 0 Å². The number of hydrogen-bond acceptors (Lipinski definition) is 1. The average Bonchev–Trinajstić information content (AvgIpc) is 2.93. The van der Waals surface area contributed by atoms with Crippen LogP contribution in [0.5, 0.6) is 0 Å². The van der Waals surface area contributed by atoms with Crippen LogP contribution in [0.4, 0.5) is 5.69 Å². The van der Waals surface area contributed by atoms with E-state index in [1.807, 2.05) is 30.3 Å². The molecular weight excluding hydrogens is 248 g/mol. The topological polar surface area (TPSA) is 25.2 Å². The lowest BCUT2D eigenvalue weighted by atomic mass is 10.1. The van der Waals surface area contributed by atoms with Crippen molar-refractivity contribution in [1.82, 2.24) is 4.57 Å². The summed E-state index contributed by atoms with van der Waals surface area (Å²) >= 11 is 5.87. The Bertz CT molecular complexity index is 605. The van der Waals surface area contributed by atoms with Crippen molar-refractivity contribution >= 4 is 34.1 Å². The number of aryl methyl sites for hydroxylation is 1. The molecule has 0 bridgehead atoms. The fourth-order valence-electron chi connectivity index (χ4n) is 2.64. The number of amides is 1. The quantitative estimate of drug-likeness (QED) is 0.764. The van der Waals surface area contributed by atoms with Crippen molar-refractivity contribution in [2.24, 2.45) is 13.0 Å². The number of carbonyl (C=O) groups is 1. The summed E-state index contributed by atoms with van der Waals surface area (Å²) in [6.45, 7) is 0.732. The highest BCUT2D eigenvalue weighted by Gasteiger charge is 2.30. The number of nitrogens with zero attached hydrogens (tertiary/aromatic N) is 2. The third-order valence-corrected chi connectivity index (χ3v) is 4.06. The van der Waals surface area contributed by atoms with Crippen LogP contribution in [0.15, 0.2) is 30.5 Å². The van der Waals surface area contributed by atoms with Crippen molar-refractivity contribution in [3.05, 3.63) is 30.5 Å². The molecule has 0 aliphatic carbocycles. The van der Waals surface area contributed by atoms with E-state index < -0.39 is 0 Å². The highest BCUT2D eigenvalue weighted by molar-refractivity contribution is 6.18. The first-order valence-corrected chi connectivity index (χ1v) is 6.64. The number of anilines is 1. The summed E-state index contributed by atoms with van der Waals surface area (Å²) in [6.07, 6.45) is 2.58. The van der Waals surface area contributed by atoms with Gasteiger partial charge in [0.25, 0.3) is 0 Å². The van der Waals surface area contributed by atoms with E-state index in [1.165, 1.54) is 0 Å². The molecule has 1 saturated heterocycles. The second kappa shape index (κ2) is 4.32. The van der Waals surface area contributed by atoms with Crippen LogP contribution in [0.3, 0.4) is 0 Å². The molecule has 2 heterocycles. The van der Waals surface area contributed by atoms with E-state index in [-0.39, 0.29) is 11.8 Å². The van der Waals surface area contributed by atoms with E-state index in [0.717, 1.165) is 23.1 Å². The molecule has 0 N–H and O–H groups in total. The minimum Gasteiger partial charge on any atom is -0.350 e. The first-order chi connectivity index (χ1) is 8.70. The fourth-order valence-corrected chi connectivity index (χ4v) is 2.85. The number of hydrogen-bond donors (Lipinski definition) is 0. The van der Waals surface area contributed by atoms with Crippen molar-refractivity contribution in [3.63, 3.8) is 0 Å². The van der Waals surface area contributed by atoms with Gasteiger partial charge in [0.2, 0.25) is 5.91 Å². The van der Waals surface area contributed by atoms with E-state index in [9.17, 15) is 4.79 Å². The molecule has 3 rings (SSSR count). The number of carbonyl (C=O) groups excluding carboxylic acids is 1. The normalized spacial score (nSPS) is 20.0. The summed E-state index contributed by atoms with van der Waals surface area (Å²) in [5, 5.41) is 1.13. The van der Waals surface area contributed by atoms with Crippen LogP contribution in [-0.4, -0.2) is 22.9 Å². The molecule has 0 radical (unpaired) electrons. The summed E-state index contributed by atoms with van der Waals surface area (Å²) < 4.78 is 2.07. The summed E-state index contributed by atoms with van der Waals surface area (Å²) in [5.41, 5.74) is 2.15. The van der Waals surface area contributed by atoms with E-state index in [1.54, 1.807) is 0 Å². The van der Waals surface area contributed by atoms with Crippen LogP contribution in [0.1, 0.15) is 6.42 Å². The number of rotatable bonds is 2. The SMILES string of the molecule is Cn1ccc2c(N3CC(CCl)CC3=O)cccc21. The van der Waals surface area contributed by atoms with Crippen LogP contribution in [-0.2, 0) is 11.8 Å². The van der Waals surface area contributed by atoms with E-state index in [2.05, 4.69) is 16.7 Å². The summed E-state index contributed by atoms with van der Waals surface area (Å²) in [7, 11) is 2.01. The standard InChI is InChI=1S/C14H15ClN2O/c1-16-6-5-11-12(16)3-2-4-13(11)17-9-10(8-15)7-14(17)18/h2-6,10H,7-9H2,1H3. The Hall–Kier alpha value is -1.48.